The van der Waals surface area contributed by atoms with Gasteiger partial charge in [0.2, 0.25) is 0 Å². The van der Waals surface area contributed by atoms with Crippen LogP contribution in [0.15, 0.2) is 425 Å². The fourth-order valence-electron chi connectivity index (χ4n) is 18.9. The molecule has 550 valence electrons. The van der Waals surface area contributed by atoms with E-state index < -0.39 is 10.8 Å². The third-order valence-corrected chi connectivity index (χ3v) is 24.5. The molecule has 2 aromatic heterocycles. The quantitative estimate of drug-likeness (QED) is 0.121. The lowest BCUT2D eigenvalue weighted by Crippen LogP contribution is -2.32. The van der Waals surface area contributed by atoms with Crippen molar-refractivity contribution in [1.29, 1.82) is 0 Å². The molecule has 0 saturated carbocycles. The maximum absolute atomic E-state index is 7.16. The molecule has 0 unspecified atom stereocenters. The van der Waals surface area contributed by atoms with Crippen molar-refractivity contribution in [3.63, 3.8) is 0 Å². The Morgan fingerprint density at radius 3 is 0.780 bits per heavy atom. The molecule has 2 aliphatic heterocycles. The molecule has 6 heteroatoms. The number of hydrogen-bond donors (Lipinski definition) is 0. The van der Waals surface area contributed by atoms with E-state index in [0.29, 0.717) is 11.6 Å². The molecule has 2 spiro atoms. The van der Waals surface area contributed by atoms with Gasteiger partial charge in [0.05, 0.1) is 33.6 Å². The van der Waals surface area contributed by atoms with Crippen LogP contribution >= 0.6 is 0 Å². The minimum Gasteiger partial charge on any atom is -0.457 e. The van der Waals surface area contributed by atoms with E-state index in [2.05, 4.69) is 406 Å². The number of benzene rings is 17. The lowest BCUT2D eigenvalue weighted by atomic mass is 9.65. The zero-order chi connectivity index (χ0) is 77.8. The highest BCUT2D eigenvalue weighted by atomic mass is 16.5. The Hall–Kier alpha value is -15.5. The first kappa shape index (κ1) is 68.1. The van der Waals surface area contributed by atoms with Crippen molar-refractivity contribution < 1.29 is 9.47 Å². The predicted molar refractivity (Wildman–Crippen MR) is 478 cm³/mol. The average molecular weight is 1500 g/mol. The zero-order valence-electron chi connectivity index (χ0n) is 64.0. The first-order valence-electron chi connectivity index (χ1n) is 40.3. The van der Waals surface area contributed by atoms with Gasteiger partial charge in [-0.25, -0.2) is 19.9 Å². The van der Waals surface area contributed by atoms with Gasteiger partial charge in [0.15, 0.2) is 11.6 Å². The summed E-state index contributed by atoms with van der Waals surface area (Å²) in [5, 5.41) is 0. The van der Waals surface area contributed by atoms with Crippen molar-refractivity contribution in [2.75, 3.05) is 0 Å². The molecule has 0 amide bonds. The summed E-state index contributed by atoms with van der Waals surface area (Å²) >= 11 is 0. The maximum Gasteiger partial charge on any atom is 0.160 e. The van der Waals surface area contributed by atoms with Gasteiger partial charge in [-0.1, -0.05) is 358 Å². The third-order valence-electron chi connectivity index (χ3n) is 24.5. The molecular weight excluding hydrogens is 1430 g/mol. The summed E-state index contributed by atoms with van der Waals surface area (Å²) in [6.45, 7) is 0. The number of aromatic nitrogens is 4. The molecule has 0 fully saturated rings. The molecule has 4 heterocycles. The second-order valence-electron chi connectivity index (χ2n) is 31.0. The molecule has 0 saturated heterocycles. The Labute approximate surface area is 684 Å². The summed E-state index contributed by atoms with van der Waals surface area (Å²) < 4.78 is 14.0. The smallest absolute Gasteiger partial charge is 0.160 e. The van der Waals surface area contributed by atoms with E-state index in [1.165, 1.54) is 44.5 Å². The van der Waals surface area contributed by atoms with Crippen LogP contribution in [-0.2, 0) is 10.8 Å². The van der Waals surface area contributed by atoms with E-state index in [1.807, 2.05) is 18.2 Å². The molecule has 4 aliphatic rings. The Morgan fingerprint density at radius 1 is 0.144 bits per heavy atom. The van der Waals surface area contributed by atoms with Crippen molar-refractivity contribution in [2.45, 2.75) is 10.8 Å². The van der Waals surface area contributed by atoms with Crippen LogP contribution in [0.25, 0.3) is 157 Å². The highest BCUT2D eigenvalue weighted by Crippen LogP contribution is 2.65. The van der Waals surface area contributed by atoms with Crippen LogP contribution < -0.4 is 9.47 Å². The predicted octanol–water partition coefficient (Wildman–Crippen LogP) is 28.2. The number of para-hydroxylation sites is 1. The Kier molecular flexibility index (Phi) is 16.0. The number of fused-ring (bicyclic) bond motifs is 18. The van der Waals surface area contributed by atoms with Gasteiger partial charge in [-0.05, 0) is 178 Å². The average Bonchev–Trinajstić information content (AvgIpc) is 1.50. The first-order valence-corrected chi connectivity index (χ1v) is 40.3. The van der Waals surface area contributed by atoms with Gasteiger partial charge in [0.1, 0.15) is 23.0 Å². The van der Waals surface area contributed by atoms with Crippen LogP contribution in [0.2, 0.25) is 0 Å². The van der Waals surface area contributed by atoms with Gasteiger partial charge in [0.25, 0.3) is 0 Å². The number of ether oxygens (including phenoxy) is 2. The molecular formula is C112H70N4O2. The van der Waals surface area contributed by atoms with Crippen molar-refractivity contribution in [1.82, 2.24) is 19.9 Å². The molecule has 2 aliphatic carbocycles. The molecule has 23 rings (SSSR count). The van der Waals surface area contributed by atoms with Crippen LogP contribution in [0.4, 0.5) is 0 Å². The molecule has 0 radical (unpaired) electrons. The molecule has 0 atom stereocenters. The number of rotatable bonds is 12. The highest BCUT2D eigenvalue weighted by molar-refractivity contribution is 5.93. The zero-order valence-corrected chi connectivity index (χ0v) is 64.0. The van der Waals surface area contributed by atoms with Gasteiger partial charge < -0.3 is 9.47 Å². The minimum atomic E-state index is -0.720. The molecule has 19 aromatic rings. The van der Waals surface area contributed by atoms with Crippen molar-refractivity contribution >= 4 is 0 Å². The third kappa shape index (κ3) is 11.2. The van der Waals surface area contributed by atoms with Crippen molar-refractivity contribution in [2.24, 2.45) is 0 Å². The van der Waals surface area contributed by atoms with Crippen LogP contribution in [0.1, 0.15) is 44.5 Å². The van der Waals surface area contributed by atoms with Crippen molar-refractivity contribution in [3.05, 3.63) is 469 Å². The molecule has 6 nitrogen and oxygen atoms in total. The monoisotopic (exact) mass is 1500 g/mol. The van der Waals surface area contributed by atoms with Gasteiger partial charge in [0, 0.05) is 55.6 Å². The van der Waals surface area contributed by atoms with E-state index in [1.54, 1.807) is 0 Å². The van der Waals surface area contributed by atoms with Gasteiger partial charge in [-0.3, -0.25) is 0 Å². The maximum atomic E-state index is 7.16. The number of hydrogen-bond acceptors (Lipinski definition) is 6. The number of nitrogens with zero attached hydrogens (tertiary/aromatic N) is 4. The molecule has 0 bridgehead atoms. The topological polar surface area (TPSA) is 70.0 Å². The Balaban J connectivity index is 0.575. The lowest BCUT2D eigenvalue weighted by molar-refractivity contribution is 0.436. The van der Waals surface area contributed by atoms with Gasteiger partial charge in [-0.15, -0.1) is 0 Å². The fraction of sp³-hybridized carbons (Fsp3) is 0.0179. The Bertz CT molecular complexity index is 7110. The van der Waals surface area contributed by atoms with Gasteiger partial charge >= 0.3 is 0 Å². The summed E-state index contributed by atoms with van der Waals surface area (Å²) in [4.78, 5) is 21.2. The second kappa shape index (κ2) is 27.7. The summed E-state index contributed by atoms with van der Waals surface area (Å²) in [6.07, 6.45) is 0. The molecule has 17 aromatic carbocycles. The minimum absolute atomic E-state index is 0.564. The van der Waals surface area contributed by atoms with Crippen LogP contribution in [0.3, 0.4) is 0 Å². The lowest BCUT2D eigenvalue weighted by Gasteiger charge is -2.40. The molecule has 118 heavy (non-hydrogen) atoms. The van der Waals surface area contributed by atoms with Gasteiger partial charge in [-0.2, -0.15) is 0 Å². The summed E-state index contributed by atoms with van der Waals surface area (Å²) in [7, 11) is 0. The molecule has 0 N–H and O–H groups in total. The summed E-state index contributed by atoms with van der Waals surface area (Å²) in [5.41, 5.74) is 35.7. The largest absolute Gasteiger partial charge is 0.457 e. The van der Waals surface area contributed by atoms with Crippen LogP contribution in [0, 0.1) is 0 Å². The van der Waals surface area contributed by atoms with E-state index in [4.69, 9.17) is 29.4 Å². The first-order chi connectivity index (χ1) is 58.4. The van der Waals surface area contributed by atoms with Crippen LogP contribution in [-0.4, -0.2) is 19.9 Å². The highest BCUT2D eigenvalue weighted by Gasteiger charge is 2.53. The van der Waals surface area contributed by atoms with E-state index >= 15 is 0 Å². The van der Waals surface area contributed by atoms with E-state index in [9.17, 15) is 0 Å². The van der Waals surface area contributed by atoms with E-state index in [0.717, 1.165) is 168 Å². The van der Waals surface area contributed by atoms with Crippen LogP contribution in [0.5, 0.6) is 23.0 Å². The standard InChI is InChI=1S/C112H70N4O2/c1-4-22-71(23-5-1)73-48-56-81(57-49-73)110-114-101(69-102(115-110)78-52-44-75(45-53-78)85-58-61-106-98(66-85)111(97-40-18-19-41-105(97)117-106)93-36-14-10-32-89(93)90-33-11-15-37-94(90)111)77-50-42-74(43-51-77)82-28-20-30-84(64-82)87-60-63-108-100(68-87)112(95-38-16-12-34-91(95)92-35-13-17-39-96(92)112)99-67-86(59-62-107(99)118-108)76-46-54-79(55-47-76)103-70-104(116-109(113-103)80-26-8-3-9-27-80)88-31-21-29-83(65-88)72-24-6-2-7-25-72/h1-70H. The van der Waals surface area contributed by atoms with Crippen molar-refractivity contribution in [3.8, 4) is 180 Å². The second-order valence-corrected chi connectivity index (χ2v) is 31.0. The summed E-state index contributed by atoms with van der Waals surface area (Å²) in [6, 6.07) is 153. The normalized spacial score (nSPS) is 13.0. The fourth-order valence-corrected chi connectivity index (χ4v) is 18.9. The van der Waals surface area contributed by atoms with E-state index in [-0.39, 0.29) is 0 Å². The summed E-state index contributed by atoms with van der Waals surface area (Å²) in [5.74, 6) is 4.73. The Morgan fingerprint density at radius 2 is 0.373 bits per heavy atom. The SMILES string of the molecule is c1ccc(-c2ccc(-c3nc(-c4ccc(-c5cccc(-c6ccc7c(c6)C6(c8cc(-c9ccc(-c%10cc(-c%11cccc(-c%12ccccc%12)c%11)nc(-c%11ccccc%11)n%10)cc9)ccc8O7)c7ccccc7-c7ccccc76)c5)cc4)cc(-c4ccc(-c5ccc6c(c5)C5(c7ccccc7O6)c6ccccc6-c6ccccc65)cc4)n3)cc2)cc1.